The molecule has 1 N–H and O–H groups in total. The fourth-order valence-corrected chi connectivity index (χ4v) is 2.56. The van der Waals surface area contributed by atoms with Gasteiger partial charge in [0.2, 0.25) is 0 Å². The van der Waals surface area contributed by atoms with Gasteiger partial charge in [0, 0.05) is 12.1 Å². The Balaban J connectivity index is 2.10. The molecule has 2 bridgehead atoms. The standard InChI is InChI=1S/C10H17N/c1-3-9-8-4-5-10(11-9)7(2)6-8/h8-11H,2-6H2,1H3. The lowest BCUT2D eigenvalue weighted by molar-refractivity contribution is 0.193. The van der Waals surface area contributed by atoms with Crippen molar-refractivity contribution < 1.29 is 0 Å². The van der Waals surface area contributed by atoms with Gasteiger partial charge in [0.15, 0.2) is 0 Å². The molecule has 3 fully saturated rings. The fraction of sp³-hybridized carbons (Fsp3) is 0.800. The molecule has 1 saturated carbocycles. The first-order valence-corrected chi connectivity index (χ1v) is 4.75. The van der Waals surface area contributed by atoms with Crippen LogP contribution in [0.3, 0.4) is 0 Å². The van der Waals surface area contributed by atoms with Crippen molar-refractivity contribution in [3.05, 3.63) is 12.2 Å². The Bertz CT molecular complexity index is 174. The summed E-state index contributed by atoms with van der Waals surface area (Å²) in [5, 5.41) is 3.65. The molecule has 2 heterocycles. The Kier molecular flexibility index (Phi) is 1.76. The zero-order chi connectivity index (χ0) is 7.84. The van der Waals surface area contributed by atoms with Gasteiger partial charge < -0.3 is 5.32 Å². The van der Waals surface area contributed by atoms with E-state index in [-0.39, 0.29) is 0 Å². The van der Waals surface area contributed by atoms with E-state index in [0.717, 1.165) is 12.0 Å². The molecule has 3 atom stereocenters. The van der Waals surface area contributed by atoms with E-state index in [1.54, 1.807) is 0 Å². The van der Waals surface area contributed by atoms with Crippen molar-refractivity contribution in [1.29, 1.82) is 0 Å². The van der Waals surface area contributed by atoms with Gasteiger partial charge in [-0.1, -0.05) is 19.1 Å². The highest BCUT2D eigenvalue weighted by Gasteiger charge is 2.35. The molecule has 11 heavy (non-hydrogen) atoms. The van der Waals surface area contributed by atoms with Crippen LogP contribution in [0.5, 0.6) is 0 Å². The number of piperidine rings is 2. The summed E-state index contributed by atoms with van der Waals surface area (Å²) in [6.45, 7) is 6.38. The van der Waals surface area contributed by atoms with Crippen LogP contribution in [0.1, 0.15) is 32.6 Å². The lowest BCUT2D eigenvalue weighted by atomic mass is 9.73. The second-order valence-corrected chi connectivity index (χ2v) is 3.93. The number of hydrogen-bond donors (Lipinski definition) is 1. The SMILES string of the molecule is C=C1CC2CCC1NC2CC. The minimum absolute atomic E-state index is 0.657. The number of rotatable bonds is 1. The van der Waals surface area contributed by atoms with E-state index in [0.29, 0.717) is 6.04 Å². The second kappa shape index (κ2) is 2.63. The summed E-state index contributed by atoms with van der Waals surface area (Å²) < 4.78 is 0. The Hall–Kier alpha value is -0.300. The first-order valence-electron chi connectivity index (χ1n) is 4.75. The summed E-state index contributed by atoms with van der Waals surface area (Å²) in [5.41, 5.74) is 1.45. The van der Waals surface area contributed by atoms with E-state index >= 15 is 0 Å². The summed E-state index contributed by atoms with van der Waals surface area (Å²) in [4.78, 5) is 0. The Morgan fingerprint density at radius 3 is 2.82 bits per heavy atom. The van der Waals surface area contributed by atoms with Gasteiger partial charge in [-0.15, -0.1) is 0 Å². The molecule has 0 radical (unpaired) electrons. The average Bonchev–Trinajstić information content (AvgIpc) is 2.05. The van der Waals surface area contributed by atoms with Gasteiger partial charge in [-0.25, -0.2) is 0 Å². The molecule has 1 nitrogen and oxygen atoms in total. The smallest absolute Gasteiger partial charge is 0.0279 e. The molecular weight excluding hydrogens is 134 g/mol. The predicted molar refractivity (Wildman–Crippen MR) is 47.5 cm³/mol. The number of fused-ring (bicyclic) bond motifs is 3. The zero-order valence-electron chi connectivity index (χ0n) is 7.27. The van der Waals surface area contributed by atoms with Gasteiger partial charge in [0.05, 0.1) is 0 Å². The quantitative estimate of drug-likeness (QED) is 0.566. The lowest BCUT2D eigenvalue weighted by Gasteiger charge is -2.44. The summed E-state index contributed by atoms with van der Waals surface area (Å²) in [7, 11) is 0. The van der Waals surface area contributed by atoms with Gasteiger partial charge in [-0.3, -0.25) is 0 Å². The highest BCUT2D eigenvalue weighted by molar-refractivity contribution is 5.15. The maximum atomic E-state index is 4.10. The monoisotopic (exact) mass is 151 g/mol. The molecule has 1 heteroatoms. The molecular formula is C10H17N. The van der Waals surface area contributed by atoms with Crippen LogP contribution in [-0.2, 0) is 0 Å². The minimum atomic E-state index is 0.657. The van der Waals surface area contributed by atoms with Gasteiger partial charge in [0.25, 0.3) is 0 Å². The third-order valence-corrected chi connectivity index (χ3v) is 3.27. The minimum Gasteiger partial charge on any atom is -0.307 e. The molecule has 62 valence electrons. The normalized spacial score (nSPS) is 43.0. The van der Waals surface area contributed by atoms with Crippen molar-refractivity contribution in [2.75, 3.05) is 0 Å². The third kappa shape index (κ3) is 1.12. The van der Waals surface area contributed by atoms with Crippen molar-refractivity contribution in [2.24, 2.45) is 5.92 Å². The van der Waals surface area contributed by atoms with Gasteiger partial charge in [0.1, 0.15) is 0 Å². The van der Waals surface area contributed by atoms with Crippen LogP contribution >= 0.6 is 0 Å². The van der Waals surface area contributed by atoms with Crippen LogP contribution in [0.2, 0.25) is 0 Å². The lowest BCUT2D eigenvalue weighted by Crippen LogP contribution is -2.52. The van der Waals surface area contributed by atoms with Gasteiger partial charge >= 0.3 is 0 Å². The van der Waals surface area contributed by atoms with Crippen molar-refractivity contribution in [3.8, 4) is 0 Å². The van der Waals surface area contributed by atoms with Crippen LogP contribution in [-0.4, -0.2) is 12.1 Å². The first kappa shape index (κ1) is 7.35. The second-order valence-electron chi connectivity index (χ2n) is 3.93. The summed E-state index contributed by atoms with van der Waals surface area (Å²) >= 11 is 0. The van der Waals surface area contributed by atoms with Crippen LogP contribution in [0.15, 0.2) is 12.2 Å². The zero-order valence-corrected chi connectivity index (χ0v) is 7.27. The molecule has 0 aromatic rings. The van der Waals surface area contributed by atoms with Crippen molar-refractivity contribution in [1.82, 2.24) is 5.32 Å². The van der Waals surface area contributed by atoms with Gasteiger partial charge in [-0.2, -0.15) is 0 Å². The van der Waals surface area contributed by atoms with E-state index in [9.17, 15) is 0 Å². The molecule has 3 rings (SSSR count). The van der Waals surface area contributed by atoms with E-state index in [1.165, 1.54) is 31.3 Å². The molecule has 0 aromatic heterocycles. The van der Waals surface area contributed by atoms with E-state index in [2.05, 4.69) is 18.8 Å². The number of nitrogens with one attached hydrogen (secondary N) is 1. The molecule has 2 aliphatic heterocycles. The Labute approximate surface area is 68.9 Å². The van der Waals surface area contributed by atoms with Crippen LogP contribution in [0, 0.1) is 5.92 Å². The van der Waals surface area contributed by atoms with Crippen molar-refractivity contribution in [3.63, 3.8) is 0 Å². The van der Waals surface area contributed by atoms with Crippen LogP contribution in [0.25, 0.3) is 0 Å². The summed E-state index contributed by atoms with van der Waals surface area (Å²) in [5.74, 6) is 0.900. The number of hydrogen-bond acceptors (Lipinski definition) is 1. The van der Waals surface area contributed by atoms with E-state index in [1.807, 2.05) is 0 Å². The summed E-state index contributed by atoms with van der Waals surface area (Å²) in [6.07, 6.45) is 5.33. The van der Waals surface area contributed by atoms with Gasteiger partial charge in [-0.05, 0) is 31.6 Å². The van der Waals surface area contributed by atoms with Crippen LogP contribution < -0.4 is 5.32 Å². The Morgan fingerprint density at radius 2 is 2.36 bits per heavy atom. The predicted octanol–water partition coefficient (Wildman–Crippen LogP) is 2.09. The van der Waals surface area contributed by atoms with Crippen molar-refractivity contribution in [2.45, 2.75) is 44.7 Å². The molecule has 2 saturated heterocycles. The largest absolute Gasteiger partial charge is 0.307 e. The molecule has 0 spiro atoms. The molecule has 0 amide bonds. The maximum absolute atomic E-state index is 4.10. The molecule has 1 aliphatic carbocycles. The third-order valence-electron chi connectivity index (χ3n) is 3.27. The maximum Gasteiger partial charge on any atom is 0.0279 e. The van der Waals surface area contributed by atoms with E-state index < -0.39 is 0 Å². The summed E-state index contributed by atoms with van der Waals surface area (Å²) in [6, 6.07) is 1.45. The highest BCUT2D eigenvalue weighted by Crippen LogP contribution is 2.36. The molecule has 3 unspecified atom stereocenters. The van der Waals surface area contributed by atoms with Crippen LogP contribution in [0.4, 0.5) is 0 Å². The highest BCUT2D eigenvalue weighted by atomic mass is 15.0. The first-order chi connectivity index (χ1) is 5.31. The molecule has 3 aliphatic rings. The Morgan fingerprint density at radius 1 is 1.55 bits per heavy atom. The fourth-order valence-electron chi connectivity index (χ4n) is 2.56. The van der Waals surface area contributed by atoms with E-state index in [4.69, 9.17) is 0 Å². The topological polar surface area (TPSA) is 12.0 Å². The average molecular weight is 151 g/mol. The molecule has 0 aromatic carbocycles. The van der Waals surface area contributed by atoms with Crippen molar-refractivity contribution >= 4 is 0 Å².